The van der Waals surface area contributed by atoms with Crippen LogP contribution in [0, 0.1) is 11.3 Å². The lowest BCUT2D eigenvalue weighted by atomic mass is 10.2. The molecule has 1 heterocycles. The highest BCUT2D eigenvalue weighted by molar-refractivity contribution is 6.03. The summed E-state index contributed by atoms with van der Waals surface area (Å²) in [6.45, 7) is 0. The van der Waals surface area contributed by atoms with Gasteiger partial charge >= 0.3 is 0 Å². The molecular weight excluding hydrogens is 358 g/mol. The minimum atomic E-state index is -0.345. The van der Waals surface area contributed by atoms with Crippen molar-refractivity contribution >= 4 is 23.2 Å². The normalized spacial score (nSPS) is 9.89. The van der Waals surface area contributed by atoms with Crippen molar-refractivity contribution in [2.24, 2.45) is 0 Å². The number of carbonyl (C=O) groups excluding carboxylic acids is 1. The number of hydrogen-bond donors (Lipinski definition) is 2. The van der Waals surface area contributed by atoms with E-state index in [1.54, 1.807) is 56.7 Å². The quantitative estimate of drug-likeness (QED) is 0.680. The lowest BCUT2D eigenvalue weighted by Crippen LogP contribution is -2.13. The summed E-state index contributed by atoms with van der Waals surface area (Å²) in [5.41, 5.74) is 2.12. The van der Waals surface area contributed by atoms with Gasteiger partial charge in [-0.1, -0.05) is 0 Å². The van der Waals surface area contributed by atoms with E-state index in [-0.39, 0.29) is 5.91 Å². The van der Waals surface area contributed by atoms with E-state index in [0.717, 1.165) is 0 Å². The molecule has 0 fully saturated rings. The van der Waals surface area contributed by atoms with E-state index in [1.807, 2.05) is 6.07 Å². The van der Waals surface area contributed by atoms with E-state index >= 15 is 0 Å². The van der Waals surface area contributed by atoms with Crippen molar-refractivity contribution in [1.29, 1.82) is 5.26 Å². The first-order valence-corrected chi connectivity index (χ1v) is 8.25. The minimum Gasteiger partial charge on any atom is -0.493 e. The highest BCUT2D eigenvalue weighted by atomic mass is 16.5. The Hall–Kier alpha value is -4.12. The standard InChI is InChI=1S/C20H17N5O3/c1-27-17-8-7-16(9-18(17)28-2)25-20-22-11-14(12-23-20)19(26)24-15-5-3-13(10-21)4-6-15/h3-9,11-12H,1-2H3,(H,24,26)(H,22,23,25). The smallest absolute Gasteiger partial charge is 0.258 e. The number of nitrogens with one attached hydrogen (secondary N) is 2. The zero-order valence-electron chi connectivity index (χ0n) is 15.3. The molecule has 2 aromatic carbocycles. The van der Waals surface area contributed by atoms with E-state index in [0.29, 0.717) is 39.9 Å². The van der Waals surface area contributed by atoms with Gasteiger partial charge in [0.15, 0.2) is 11.5 Å². The summed E-state index contributed by atoms with van der Waals surface area (Å²) in [6, 6.07) is 13.9. The lowest BCUT2D eigenvalue weighted by Gasteiger charge is -2.10. The Morgan fingerprint density at radius 2 is 1.61 bits per heavy atom. The van der Waals surface area contributed by atoms with E-state index in [1.165, 1.54) is 12.4 Å². The van der Waals surface area contributed by atoms with Gasteiger partial charge in [0.1, 0.15) is 0 Å². The van der Waals surface area contributed by atoms with Crippen LogP contribution in [0.5, 0.6) is 11.5 Å². The molecule has 0 saturated carbocycles. The van der Waals surface area contributed by atoms with Crippen LogP contribution >= 0.6 is 0 Å². The highest BCUT2D eigenvalue weighted by Crippen LogP contribution is 2.30. The van der Waals surface area contributed by atoms with E-state index in [9.17, 15) is 4.79 Å². The topological polar surface area (TPSA) is 109 Å². The molecule has 3 aromatic rings. The van der Waals surface area contributed by atoms with Gasteiger partial charge in [-0.05, 0) is 36.4 Å². The van der Waals surface area contributed by atoms with Crippen LogP contribution < -0.4 is 20.1 Å². The van der Waals surface area contributed by atoms with Gasteiger partial charge in [0, 0.05) is 29.8 Å². The maximum Gasteiger partial charge on any atom is 0.258 e. The van der Waals surface area contributed by atoms with Crippen LogP contribution in [0.15, 0.2) is 54.9 Å². The Balaban J connectivity index is 1.67. The fraction of sp³-hybridized carbons (Fsp3) is 0.100. The third-order valence-corrected chi connectivity index (χ3v) is 3.83. The summed E-state index contributed by atoms with van der Waals surface area (Å²) in [4.78, 5) is 20.6. The zero-order chi connectivity index (χ0) is 19.9. The van der Waals surface area contributed by atoms with Gasteiger partial charge in [0.25, 0.3) is 5.91 Å². The van der Waals surface area contributed by atoms with Crippen LogP contribution in [0.1, 0.15) is 15.9 Å². The van der Waals surface area contributed by atoms with Gasteiger partial charge < -0.3 is 20.1 Å². The maximum absolute atomic E-state index is 12.3. The number of hydrogen-bond acceptors (Lipinski definition) is 7. The molecule has 1 aromatic heterocycles. The second-order valence-corrected chi connectivity index (χ2v) is 5.63. The molecular formula is C20H17N5O3. The molecule has 0 aliphatic heterocycles. The molecule has 8 nitrogen and oxygen atoms in total. The number of rotatable bonds is 6. The molecule has 1 amide bonds. The zero-order valence-corrected chi connectivity index (χ0v) is 15.3. The first kappa shape index (κ1) is 18.7. The van der Waals surface area contributed by atoms with Crippen molar-refractivity contribution in [1.82, 2.24) is 9.97 Å². The van der Waals surface area contributed by atoms with Gasteiger partial charge in [-0.25, -0.2) is 9.97 Å². The molecule has 0 unspecified atom stereocenters. The third-order valence-electron chi connectivity index (χ3n) is 3.83. The predicted octanol–water partition coefficient (Wildman–Crippen LogP) is 3.36. The van der Waals surface area contributed by atoms with Crippen molar-refractivity contribution in [3.8, 4) is 17.6 Å². The van der Waals surface area contributed by atoms with Crippen LogP contribution in [-0.4, -0.2) is 30.1 Å². The van der Waals surface area contributed by atoms with Crippen molar-refractivity contribution in [3.63, 3.8) is 0 Å². The van der Waals surface area contributed by atoms with Crippen molar-refractivity contribution < 1.29 is 14.3 Å². The van der Waals surface area contributed by atoms with Crippen LogP contribution in [0.25, 0.3) is 0 Å². The van der Waals surface area contributed by atoms with E-state index < -0.39 is 0 Å². The number of benzene rings is 2. The maximum atomic E-state index is 12.3. The summed E-state index contributed by atoms with van der Waals surface area (Å²) >= 11 is 0. The molecule has 0 aliphatic carbocycles. The molecule has 0 bridgehead atoms. The van der Waals surface area contributed by atoms with Gasteiger partial charge in [0.2, 0.25) is 5.95 Å². The molecule has 3 rings (SSSR count). The summed E-state index contributed by atoms with van der Waals surface area (Å²) in [5.74, 6) is 1.18. The summed E-state index contributed by atoms with van der Waals surface area (Å²) < 4.78 is 10.5. The van der Waals surface area contributed by atoms with Crippen molar-refractivity contribution in [3.05, 3.63) is 66.0 Å². The fourth-order valence-corrected chi connectivity index (χ4v) is 2.38. The van der Waals surface area contributed by atoms with Gasteiger partial charge in [0.05, 0.1) is 31.4 Å². The number of nitriles is 1. The summed E-state index contributed by atoms with van der Waals surface area (Å²) in [6.07, 6.45) is 2.85. The summed E-state index contributed by atoms with van der Waals surface area (Å²) in [7, 11) is 3.12. The monoisotopic (exact) mass is 375 g/mol. The van der Waals surface area contributed by atoms with Crippen LogP contribution in [0.3, 0.4) is 0 Å². The van der Waals surface area contributed by atoms with Gasteiger partial charge in [-0.15, -0.1) is 0 Å². The Morgan fingerprint density at radius 1 is 0.964 bits per heavy atom. The lowest BCUT2D eigenvalue weighted by molar-refractivity contribution is 0.102. The average molecular weight is 375 g/mol. The number of amides is 1. The molecule has 0 saturated heterocycles. The Bertz CT molecular complexity index is 1010. The molecule has 2 N–H and O–H groups in total. The molecule has 0 spiro atoms. The van der Waals surface area contributed by atoms with Crippen molar-refractivity contribution in [2.45, 2.75) is 0 Å². The largest absolute Gasteiger partial charge is 0.493 e. The molecule has 28 heavy (non-hydrogen) atoms. The third kappa shape index (κ3) is 4.34. The number of anilines is 3. The second-order valence-electron chi connectivity index (χ2n) is 5.63. The number of ether oxygens (including phenoxy) is 2. The number of carbonyl (C=O) groups is 1. The van der Waals surface area contributed by atoms with Gasteiger partial charge in [-0.2, -0.15) is 5.26 Å². The van der Waals surface area contributed by atoms with E-state index in [4.69, 9.17) is 14.7 Å². The number of methoxy groups -OCH3 is 2. The number of nitrogens with zero attached hydrogens (tertiary/aromatic N) is 3. The predicted molar refractivity (Wildman–Crippen MR) is 104 cm³/mol. The minimum absolute atomic E-state index is 0.308. The molecule has 0 atom stereocenters. The Kier molecular flexibility index (Phi) is 5.67. The average Bonchev–Trinajstić information content (AvgIpc) is 2.74. The van der Waals surface area contributed by atoms with Gasteiger partial charge in [-0.3, -0.25) is 4.79 Å². The molecule has 0 radical (unpaired) electrons. The molecule has 8 heteroatoms. The van der Waals surface area contributed by atoms with Crippen LogP contribution in [-0.2, 0) is 0 Å². The first-order valence-electron chi connectivity index (χ1n) is 8.25. The number of aromatic nitrogens is 2. The van der Waals surface area contributed by atoms with Crippen molar-refractivity contribution in [2.75, 3.05) is 24.9 Å². The molecule has 140 valence electrons. The van der Waals surface area contributed by atoms with E-state index in [2.05, 4.69) is 20.6 Å². The second kappa shape index (κ2) is 8.51. The SMILES string of the molecule is COc1ccc(Nc2ncc(C(=O)Nc3ccc(C#N)cc3)cn2)cc1OC. The fourth-order valence-electron chi connectivity index (χ4n) is 2.38. The summed E-state index contributed by atoms with van der Waals surface area (Å²) in [5, 5.41) is 14.6. The Labute approximate surface area is 161 Å². The molecule has 0 aliphatic rings. The first-order chi connectivity index (χ1) is 13.6. The Morgan fingerprint density at radius 3 is 2.21 bits per heavy atom. The van der Waals surface area contributed by atoms with Crippen LogP contribution in [0.2, 0.25) is 0 Å². The van der Waals surface area contributed by atoms with Crippen LogP contribution in [0.4, 0.5) is 17.3 Å². The highest BCUT2D eigenvalue weighted by Gasteiger charge is 2.09.